The van der Waals surface area contributed by atoms with Crippen LogP contribution in [-0.4, -0.2) is 5.91 Å². The lowest BCUT2D eigenvalue weighted by atomic mass is 10.3. The maximum atomic E-state index is 11.0. The van der Waals surface area contributed by atoms with Crippen molar-refractivity contribution in [1.29, 1.82) is 0 Å². The normalized spacial score (nSPS) is 13.7. The number of carbonyl (C=O) groups is 1. The van der Waals surface area contributed by atoms with E-state index in [4.69, 9.17) is 0 Å². The molecule has 2 rings (SSSR count). The lowest BCUT2D eigenvalue weighted by Crippen LogP contribution is -2.06. The van der Waals surface area contributed by atoms with Crippen LogP contribution in [0.4, 0.5) is 5.69 Å². The summed E-state index contributed by atoms with van der Waals surface area (Å²) in [5, 5.41) is 4.57. The molecule has 1 heterocycles. The standard InChI is InChI=1S/C9H7NOS.BrH/c11-9-5-6-12-8-4-2-1-3-7(8)10-9;/h1-6H,(H,10,11);1H. The summed E-state index contributed by atoms with van der Waals surface area (Å²) in [5.74, 6) is -0.0625. The van der Waals surface area contributed by atoms with Crippen LogP contribution in [-0.2, 0) is 4.79 Å². The molecule has 4 heteroatoms. The Hall–Kier alpha value is -0.740. The Morgan fingerprint density at radius 2 is 2.00 bits per heavy atom. The fourth-order valence-electron chi connectivity index (χ4n) is 1.02. The number of amides is 1. The summed E-state index contributed by atoms with van der Waals surface area (Å²) in [6.07, 6.45) is 1.53. The van der Waals surface area contributed by atoms with E-state index in [9.17, 15) is 4.79 Å². The van der Waals surface area contributed by atoms with E-state index in [0.29, 0.717) is 0 Å². The number of benzene rings is 1. The zero-order valence-electron chi connectivity index (χ0n) is 6.69. The van der Waals surface area contributed by atoms with Gasteiger partial charge in [0.15, 0.2) is 0 Å². The number of fused-ring (bicyclic) bond motifs is 1. The highest BCUT2D eigenvalue weighted by Crippen LogP contribution is 2.29. The number of para-hydroxylation sites is 1. The van der Waals surface area contributed by atoms with Gasteiger partial charge < -0.3 is 5.32 Å². The van der Waals surface area contributed by atoms with Crippen LogP contribution < -0.4 is 5.32 Å². The van der Waals surface area contributed by atoms with Crippen LogP contribution in [0.5, 0.6) is 0 Å². The third-order valence-corrected chi connectivity index (χ3v) is 2.44. The maximum Gasteiger partial charge on any atom is 0.248 e. The van der Waals surface area contributed by atoms with Gasteiger partial charge in [-0.15, -0.1) is 17.0 Å². The van der Waals surface area contributed by atoms with Gasteiger partial charge in [-0.25, -0.2) is 0 Å². The lowest BCUT2D eigenvalue weighted by Gasteiger charge is -2.03. The molecule has 0 spiro atoms. The summed E-state index contributed by atoms with van der Waals surface area (Å²) in [4.78, 5) is 12.1. The van der Waals surface area contributed by atoms with E-state index in [-0.39, 0.29) is 22.9 Å². The molecule has 0 unspecified atom stereocenters. The van der Waals surface area contributed by atoms with E-state index >= 15 is 0 Å². The molecule has 0 aliphatic carbocycles. The molecule has 2 nitrogen and oxygen atoms in total. The van der Waals surface area contributed by atoms with Crippen LogP contribution in [0, 0.1) is 0 Å². The smallest absolute Gasteiger partial charge is 0.248 e. The van der Waals surface area contributed by atoms with Crippen LogP contribution in [0.3, 0.4) is 0 Å². The van der Waals surface area contributed by atoms with Crippen molar-refractivity contribution in [3.05, 3.63) is 35.7 Å². The predicted molar refractivity (Wildman–Crippen MR) is 60.4 cm³/mol. The molecule has 1 aliphatic heterocycles. The molecule has 1 aromatic carbocycles. The van der Waals surface area contributed by atoms with E-state index in [1.807, 2.05) is 24.3 Å². The summed E-state index contributed by atoms with van der Waals surface area (Å²) in [6.45, 7) is 0. The zero-order chi connectivity index (χ0) is 8.39. The first-order chi connectivity index (χ1) is 5.86. The minimum atomic E-state index is -0.0625. The first-order valence-corrected chi connectivity index (χ1v) is 4.47. The monoisotopic (exact) mass is 257 g/mol. The van der Waals surface area contributed by atoms with Crippen LogP contribution >= 0.6 is 28.7 Å². The Kier molecular flexibility index (Phi) is 3.57. The molecule has 0 atom stereocenters. The zero-order valence-corrected chi connectivity index (χ0v) is 9.22. The van der Waals surface area contributed by atoms with Crippen molar-refractivity contribution in [3.63, 3.8) is 0 Å². The van der Waals surface area contributed by atoms with Crippen molar-refractivity contribution in [2.24, 2.45) is 0 Å². The van der Waals surface area contributed by atoms with Crippen LogP contribution in [0.25, 0.3) is 0 Å². The third-order valence-electron chi connectivity index (χ3n) is 1.56. The summed E-state index contributed by atoms with van der Waals surface area (Å²) in [6, 6.07) is 7.74. The molecule has 1 N–H and O–H groups in total. The predicted octanol–water partition coefficient (Wildman–Crippen LogP) is 2.82. The van der Waals surface area contributed by atoms with Gasteiger partial charge in [-0.3, -0.25) is 4.79 Å². The number of carbonyl (C=O) groups excluding carboxylic acids is 1. The van der Waals surface area contributed by atoms with Crippen molar-refractivity contribution >= 4 is 40.3 Å². The maximum absolute atomic E-state index is 11.0. The van der Waals surface area contributed by atoms with Gasteiger partial charge in [0.05, 0.1) is 5.69 Å². The number of hydrogen-bond acceptors (Lipinski definition) is 2. The molecule has 1 aliphatic rings. The molecule has 0 saturated heterocycles. The van der Waals surface area contributed by atoms with Crippen LogP contribution in [0.15, 0.2) is 40.6 Å². The van der Waals surface area contributed by atoms with Crippen molar-refractivity contribution in [2.75, 3.05) is 5.32 Å². The largest absolute Gasteiger partial charge is 0.321 e. The van der Waals surface area contributed by atoms with Gasteiger partial charge in [0.25, 0.3) is 0 Å². The fraction of sp³-hybridized carbons (Fsp3) is 0. The molecule has 68 valence electrons. The molecule has 0 radical (unpaired) electrons. The topological polar surface area (TPSA) is 29.1 Å². The van der Waals surface area contributed by atoms with Gasteiger partial charge in [-0.1, -0.05) is 23.9 Å². The van der Waals surface area contributed by atoms with Gasteiger partial charge in [0, 0.05) is 11.0 Å². The molecule has 1 amide bonds. The van der Waals surface area contributed by atoms with Crippen molar-refractivity contribution in [3.8, 4) is 0 Å². The van der Waals surface area contributed by atoms with Crippen LogP contribution in [0.1, 0.15) is 0 Å². The lowest BCUT2D eigenvalue weighted by molar-refractivity contribution is -0.111. The minimum absolute atomic E-state index is 0. The second-order valence-corrected chi connectivity index (χ2v) is 3.35. The minimum Gasteiger partial charge on any atom is -0.321 e. The average molecular weight is 258 g/mol. The van der Waals surface area contributed by atoms with Gasteiger partial charge in [-0.2, -0.15) is 0 Å². The molecule has 13 heavy (non-hydrogen) atoms. The highest BCUT2D eigenvalue weighted by molar-refractivity contribution is 8.93. The van der Waals surface area contributed by atoms with Gasteiger partial charge in [0.1, 0.15) is 0 Å². The van der Waals surface area contributed by atoms with Gasteiger partial charge in [0.2, 0.25) is 5.91 Å². The Bertz CT molecular complexity index is 351. The molecule has 0 aromatic heterocycles. The SMILES string of the molecule is Br.O=C1C=CSc2ccccc2N1. The quantitative estimate of drug-likeness (QED) is 0.775. The van der Waals surface area contributed by atoms with E-state index < -0.39 is 0 Å². The number of hydrogen-bond donors (Lipinski definition) is 1. The molecular formula is C9H8BrNOS. The highest BCUT2D eigenvalue weighted by atomic mass is 79.9. The van der Waals surface area contributed by atoms with Crippen molar-refractivity contribution in [1.82, 2.24) is 0 Å². The summed E-state index contributed by atoms with van der Waals surface area (Å²) < 4.78 is 0. The average Bonchev–Trinajstić information content (AvgIpc) is 2.25. The van der Waals surface area contributed by atoms with Gasteiger partial charge >= 0.3 is 0 Å². The molecule has 0 fully saturated rings. The van der Waals surface area contributed by atoms with Crippen LogP contribution in [0.2, 0.25) is 0 Å². The van der Waals surface area contributed by atoms with Gasteiger partial charge in [-0.05, 0) is 17.5 Å². The third kappa shape index (κ3) is 2.35. The van der Waals surface area contributed by atoms with E-state index in [0.717, 1.165) is 10.6 Å². The Balaban J connectivity index is 0.000000845. The Morgan fingerprint density at radius 3 is 2.85 bits per heavy atom. The summed E-state index contributed by atoms with van der Waals surface area (Å²) in [5.41, 5.74) is 0.887. The number of rotatable bonds is 0. The first-order valence-electron chi connectivity index (χ1n) is 3.59. The van der Waals surface area contributed by atoms with Crippen molar-refractivity contribution < 1.29 is 4.79 Å². The molecule has 1 aromatic rings. The molecular weight excluding hydrogens is 250 g/mol. The molecule has 0 bridgehead atoms. The van der Waals surface area contributed by atoms with Crippen molar-refractivity contribution in [2.45, 2.75) is 4.90 Å². The molecule has 0 saturated carbocycles. The second-order valence-electron chi connectivity index (χ2n) is 2.41. The second kappa shape index (κ2) is 4.48. The fourth-order valence-corrected chi connectivity index (χ4v) is 1.76. The van der Waals surface area contributed by atoms with E-state index in [1.54, 1.807) is 17.2 Å². The number of anilines is 1. The van der Waals surface area contributed by atoms with E-state index in [2.05, 4.69) is 5.32 Å². The Morgan fingerprint density at radius 1 is 1.23 bits per heavy atom. The summed E-state index contributed by atoms with van der Waals surface area (Å²) >= 11 is 1.55. The number of thioether (sulfide) groups is 1. The summed E-state index contributed by atoms with van der Waals surface area (Å²) in [7, 11) is 0. The Labute approximate surface area is 91.2 Å². The first kappa shape index (κ1) is 10.3. The highest BCUT2D eigenvalue weighted by Gasteiger charge is 2.06. The number of halogens is 1. The van der Waals surface area contributed by atoms with E-state index in [1.165, 1.54) is 6.08 Å². The number of nitrogens with one attached hydrogen (secondary N) is 1.